The molecule has 0 bridgehead atoms. The molecule has 2 fully saturated rings. The fourth-order valence-corrected chi connectivity index (χ4v) is 2.77. The van der Waals surface area contributed by atoms with Gasteiger partial charge in [-0.25, -0.2) is 0 Å². The van der Waals surface area contributed by atoms with Crippen molar-refractivity contribution in [2.45, 2.75) is 37.4 Å². The topological polar surface area (TPSA) is 44.8 Å². The van der Waals surface area contributed by atoms with E-state index < -0.39 is 17.5 Å². The van der Waals surface area contributed by atoms with Gasteiger partial charge in [0.15, 0.2) is 11.5 Å². The maximum atomic E-state index is 12.6. The van der Waals surface area contributed by atoms with E-state index in [4.69, 9.17) is 21.1 Å². The summed E-state index contributed by atoms with van der Waals surface area (Å²) >= 11 is 6.17. The average Bonchev–Trinajstić information content (AvgIpc) is 3.24. The lowest BCUT2D eigenvalue weighted by atomic mass is 10.0. The van der Waals surface area contributed by atoms with Crippen LogP contribution in [-0.4, -0.2) is 30.7 Å². The van der Waals surface area contributed by atoms with Gasteiger partial charge in [-0.15, -0.1) is 0 Å². The zero-order chi connectivity index (χ0) is 16.4. The molecular formula is C16H17ClF2O4. The summed E-state index contributed by atoms with van der Waals surface area (Å²) in [7, 11) is 0. The lowest BCUT2D eigenvalue weighted by molar-refractivity contribution is -0.0515. The molecule has 3 rings (SSSR count). The summed E-state index contributed by atoms with van der Waals surface area (Å²) in [6.45, 7) is -2.15. The molecule has 1 aliphatic heterocycles. The zero-order valence-electron chi connectivity index (χ0n) is 12.4. The fourth-order valence-electron chi connectivity index (χ4n) is 2.45. The number of hydrogen-bond acceptors (Lipinski definition) is 4. The number of alkyl halides is 3. The molecule has 0 spiro atoms. The molecule has 1 atom stereocenters. The molecule has 2 aliphatic rings. The largest absolute Gasteiger partial charge is 0.489 e. The summed E-state index contributed by atoms with van der Waals surface area (Å²) in [4.78, 5) is 12.5. The van der Waals surface area contributed by atoms with Crippen LogP contribution in [-0.2, 0) is 4.74 Å². The third kappa shape index (κ3) is 3.93. The molecule has 1 heterocycles. The third-order valence-corrected chi connectivity index (χ3v) is 4.38. The summed E-state index contributed by atoms with van der Waals surface area (Å²) in [5.74, 6) is 0.0488. The SMILES string of the molecule is O=C(c1ccc(OCC2CC2)c(OC(F)F)c1)C1(Cl)CCCO1. The Balaban J connectivity index is 1.81. The minimum atomic E-state index is -3.00. The second-order valence-corrected chi connectivity index (χ2v) is 6.41. The van der Waals surface area contributed by atoms with Crippen molar-refractivity contribution in [1.29, 1.82) is 0 Å². The molecule has 126 valence electrons. The van der Waals surface area contributed by atoms with Crippen molar-refractivity contribution in [3.63, 3.8) is 0 Å². The minimum Gasteiger partial charge on any atom is -0.489 e. The standard InChI is InChI=1S/C16H17ClF2O4/c17-16(6-1-7-22-16)14(20)11-4-5-12(21-9-10-2-3-10)13(8-11)23-15(18)19/h4-5,8,10,15H,1-3,6-7,9H2. The first-order chi connectivity index (χ1) is 11.0. The third-order valence-electron chi connectivity index (χ3n) is 3.91. The highest BCUT2D eigenvalue weighted by atomic mass is 35.5. The van der Waals surface area contributed by atoms with E-state index >= 15 is 0 Å². The van der Waals surface area contributed by atoms with E-state index in [0.29, 0.717) is 32.0 Å². The van der Waals surface area contributed by atoms with Crippen molar-refractivity contribution in [3.05, 3.63) is 23.8 Å². The van der Waals surface area contributed by atoms with Gasteiger partial charge in [0, 0.05) is 18.6 Å². The number of halogens is 3. The molecule has 1 unspecified atom stereocenters. The molecule has 0 radical (unpaired) electrons. The summed E-state index contributed by atoms with van der Waals surface area (Å²) in [6.07, 6.45) is 3.22. The Morgan fingerprint density at radius 3 is 2.78 bits per heavy atom. The lowest BCUT2D eigenvalue weighted by Crippen LogP contribution is -2.31. The van der Waals surface area contributed by atoms with Gasteiger partial charge < -0.3 is 14.2 Å². The van der Waals surface area contributed by atoms with Gasteiger partial charge in [0.25, 0.3) is 0 Å². The molecule has 1 aromatic carbocycles. The Hall–Kier alpha value is -1.40. The second kappa shape index (κ2) is 6.61. The molecule has 1 aliphatic carbocycles. The Kier molecular flexibility index (Phi) is 4.73. The Morgan fingerprint density at radius 1 is 1.39 bits per heavy atom. The Bertz CT molecular complexity index is 583. The van der Waals surface area contributed by atoms with Gasteiger partial charge in [0.1, 0.15) is 0 Å². The minimum absolute atomic E-state index is 0.162. The predicted octanol–water partition coefficient (Wildman–Crippen LogP) is 4.01. The van der Waals surface area contributed by atoms with Gasteiger partial charge in [0.2, 0.25) is 10.8 Å². The van der Waals surface area contributed by atoms with Crippen LogP contribution in [0.25, 0.3) is 0 Å². The highest BCUT2D eigenvalue weighted by molar-refractivity contribution is 6.37. The molecular weight excluding hydrogens is 330 g/mol. The molecule has 7 heteroatoms. The number of ketones is 1. The van der Waals surface area contributed by atoms with E-state index in [9.17, 15) is 13.6 Å². The molecule has 0 N–H and O–H groups in total. The van der Waals surface area contributed by atoms with E-state index in [0.717, 1.165) is 12.8 Å². The van der Waals surface area contributed by atoms with Crippen LogP contribution >= 0.6 is 11.6 Å². The lowest BCUT2D eigenvalue weighted by Gasteiger charge is -2.20. The summed E-state index contributed by atoms with van der Waals surface area (Å²) in [6, 6.07) is 4.19. The van der Waals surface area contributed by atoms with Gasteiger partial charge in [-0.05, 0) is 43.4 Å². The highest BCUT2D eigenvalue weighted by Crippen LogP contribution is 2.37. The van der Waals surface area contributed by atoms with Gasteiger partial charge in [-0.1, -0.05) is 11.6 Å². The number of benzene rings is 1. The quantitative estimate of drug-likeness (QED) is 0.553. The van der Waals surface area contributed by atoms with Gasteiger partial charge >= 0.3 is 6.61 Å². The predicted molar refractivity (Wildman–Crippen MR) is 79.4 cm³/mol. The maximum absolute atomic E-state index is 12.6. The monoisotopic (exact) mass is 346 g/mol. The molecule has 1 saturated carbocycles. The highest BCUT2D eigenvalue weighted by Gasteiger charge is 2.41. The first-order valence-corrected chi connectivity index (χ1v) is 7.95. The van der Waals surface area contributed by atoms with Crippen LogP contribution in [0.3, 0.4) is 0 Å². The van der Waals surface area contributed by atoms with Gasteiger partial charge in [-0.3, -0.25) is 4.79 Å². The van der Waals surface area contributed by atoms with Crippen molar-refractivity contribution in [2.24, 2.45) is 5.92 Å². The Labute approximate surface area is 137 Å². The maximum Gasteiger partial charge on any atom is 0.387 e. The van der Waals surface area contributed by atoms with Crippen LogP contribution < -0.4 is 9.47 Å². The number of carbonyl (C=O) groups is 1. The van der Waals surface area contributed by atoms with Crippen molar-refractivity contribution >= 4 is 17.4 Å². The number of Topliss-reactive ketones (excluding diaryl/α,β-unsaturated/α-hetero) is 1. The van der Waals surface area contributed by atoms with Crippen LogP contribution in [0, 0.1) is 5.92 Å². The molecule has 1 saturated heterocycles. The number of ether oxygens (including phenoxy) is 3. The molecule has 4 nitrogen and oxygen atoms in total. The first kappa shape index (κ1) is 16.5. The van der Waals surface area contributed by atoms with E-state index in [1.54, 1.807) is 0 Å². The first-order valence-electron chi connectivity index (χ1n) is 7.57. The Morgan fingerprint density at radius 2 is 2.17 bits per heavy atom. The molecule has 0 aromatic heterocycles. The second-order valence-electron chi connectivity index (χ2n) is 5.80. The van der Waals surface area contributed by atoms with Crippen molar-refractivity contribution in [2.75, 3.05) is 13.2 Å². The number of rotatable bonds is 7. The average molecular weight is 347 g/mol. The van der Waals surface area contributed by atoms with Crippen molar-refractivity contribution in [1.82, 2.24) is 0 Å². The number of carbonyl (C=O) groups excluding carboxylic acids is 1. The van der Waals surface area contributed by atoms with E-state index in [1.807, 2.05) is 0 Å². The summed E-state index contributed by atoms with van der Waals surface area (Å²) in [5.41, 5.74) is 0.163. The normalized spacial score (nSPS) is 24.0. The van der Waals surface area contributed by atoms with Gasteiger partial charge in [0.05, 0.1) is 6.61 Å². The van der Waals surface area contributed by atoms with Crippen LogP contribution in [0.2, 0.25) is 0 Å². The van der Waals surface area contributed by atoms with Crippen LogP contribution in [0.15, 0.2) is 18.2 Å². The van der Waals surface area contributed by atoms with E-state index in [1.165, 1.54) is 18.2 Å². The number of hydrogen-bond donors (Lipinski definition) is 0. The fraction of sp³-hybridized carbons (Fsp3) is 0.562. The summed E-state index contributed by atoms with van der Waals surface area (Å²) < 4.78 is 40.5. The van der Waals surface area contributed by atoms with Crippen LogP contribution in [0.4, 0.5) is 8.78 Å². The summed E-state index contributed by atoms with van der Waals surface area (Å²) in [5, 5.41) is -1.42. The van der Waals surface area contributed by atoms with Gasteiger partial charge in [-0.2, -0.15) is 8.78 Å². The van der Waals surface area contributed by atoms with E-state index in [2.05, 4.69) is 4.74 Å². The van der Waals surface area contributed by atoms with Crippen molar-refractivity contribution < 1.29 is 27.8 Å². The smallest absolute Gasteiger partial charge is 0.387 e. The van der Waals surface area contributed by atoms with Crippen molar-refractivity contribution in [3.8, 4) is 11.5 Å². The van der Waals surface area contributed by atoms with Crippen LogP contribution in [0.5, 0.6) is 11.5 Å². The van der Waals surface area contributed by atoms with E-state index in [-0.39, 0.29) is 17.1 Å². The molecule has 23 heavy (non-hydrogen) atoms. The zero-order valence-corrected chi connectivity index (χ0v) is 13.2. The van der Waals surface area contributed by atoms with Crippen LogP contribution in [0.1, 0.15) is 36.0 Å². The molecule has 0 amide bonds. The molecule has 1 aromatic rings.